The summed E-state index contributed by atoms with van der Waals surface area (Å²) in [6, 6.07) is 6.74. The second-order valence-electron chi connectivity index (χ2n) is 5.63. The zero-order valence-corrected chi connectivity index (χ0v) is 12.3. The summed E-state index contributed by atoms with van der Waals surface area (Å²) in [5.74, 6) is 0.574. The quantitative estimate of drug-likeness (QED) is 0.824. The molecule has 110 valence electrons. The Bertz CT molecular complexity index is 446. The van der Waals surface area contributed by atoms with E-state index in [1.165, 1.54) is 17.7 Å². The van der Waals surface area contributed by atoms with Crippen molar-refractivity contribution in [3.8, 4) is 0 Å². The maximum atomic E-state index is 12.9. The van der Waals surface area contributed by atoms with Crippen molar-refractivity contribution in [1.82, 2.24) is 9.80 Å². The fourth-order valence-corrected chi connectivity index (χ4v) is 2.67. The average molecular weight is 278 g/mol. The molecular weight excluding hydrogens is 255 g/mol. The fourth-order valence-electron chi connectivity index (χ4n) is 2.67. The lowest BCUT2D eigenvalue weighted by Gasteiger charge is -2.20. The van der Waals surface area contributed by atoms with Crippen LogP contribution in [0.2, 0.25) is 0 Å². The maximum absolute atomic E-state index is 12.9. The Morgan fingerprint density at radius 1 is 1.40 bits per heavy atom. The van der Waals surface area contributed by atoms with Crippen molar-refractivity contribution in [1.29, 1.82) is 0 Å². The molecule has 4 heteroatoms. The van der Waals surface area contributed by atoms with Crippen LogP contribution in [0.15, 0.2) is 24.3 Å². The number of rotatable bonds is 5. The lowest BCUT2D eigenvalue weighted by molar-refractivity contribution is -0.130. The first kappa shape index (κ1) is 15.0. The van der Waals surface area contributed by atoms with E-state index in [0.29, 0.717) is 12.5 Å². The number of halogens is 1. The molecule has 0 radical (unpaired) electrons. The van der Waals surface area contributed by atoms with Gasteiger partial charge in [0.05, 0.1) is 6.54 Å². The van der Waals surface area contributed by atoms with E-state index in [0.717, 1.165) is 32.5 Å². The van der Waals surface area contributed by atoms with Gasteiger partial charge >= 0.3 is 0 Å². The third-order valence-electron chi connectivity index (χ3n) is 4.07. The van der Waals surface area contributed by atoms with Crippen LogP contribution in [0, 0.1) is 11.7 Å². The molecule has 1 unspecified atom stereocenters. The molecule has 1 aliphatic heterocycles. The van der Waals surface area contributed by atoms with Gasteiger partial charge in [0.1, 0.15) is 5.82 Å². The summed E-state index contributed by atoms with van der Waals surface area (Å²) in [5.41, 5.74) is 1.18. The molecule has 0 bridgehead atoms. The van der Waals surface area contributed by atoms with Crippen molar-refractivity contribution < 1.29 is 9.18 Å². The number of carbonyl (C=O) groups is 1. The normalized spacial score (nSPS) is 19.2. The molecule has 1 aliphatic rings. The van der Waals surface area contributed by atoms with E-state index in [1.54, 1.807) is 4.90 Å². The summed E-state index contributed by atoms with van der Waals surface area (Å²) >= 11 is 0. The van der Waals surface area contributed by atoms with Crippen molar-refractivity contribution in [2.24, 2.45) is 5.92 Å². The number of hydrogen-bond acceptors (Lipinski definition) is 2. The van der Waals surface area contributed by atoms with E-state index in [4.69, 9.17) is 0 Å². The molecule has 2 rings (SSSR count). The molecule has 0 N–H and O–H groups in total. The molecule has 1 amide bonds. The van der Waals surface area contributed by atoms with Gasteiger partial charge in [0.25, 0.3) is 0 Å². The highest BCUT2D eigenvalue weighted by Gasteiger charge is 2.24. The van der Waals surface area contributed by atoms with Gasteiger partial charge in [-0.15, -0.1) is 0 Å². The van der Waals surface area contributed by atoms with Crippen molar-refractivity contribution in [3.05, 3.63) is 35.6 Å². The third-order valence-corrected chi connectivity index (χ3v) is 4.07. The Morgan fingerprint density at radius 2 is 2.10 bits per heavy atom. The number of likely N-dealkylation sites (tertiary alicyclic amines) is 1. The Hall–Kier alpha value is -1.42. The molecular formula is C16H23FN2O. The van der Waals surface area contributed by atoms with Crippen molar-refractivity contribution in [2.75, 3.05) is 33.2 Å². The first-order chi connectivity index (χ1) is 9.58. The Balaban J connectivity index is 1.80. The van der Waals surface area contributed by atoms with E-state index < -0.39 is 0 Å². The molecule has 0 spiro atoms. The SMILES string of the molecule is CCN(C)C(=O)CN1CCC(Cc2ccc(F)cc2)C1. The van der Waals surface area contributed by atoms with E-state index in [2.05, 4.69) is 4.90 Å². The van der Waals surface area contributed by atoms with Crippen LogP contribution in [-0.2, 0) is 11.2 Å². The molecule has 20 heavy (non-hydrogen) atoms. The highest BCUT2D eigenvalue weighted by atomic mass is 19.1. The van der Waals surface area contributed by atoms with Gasteiger partial charge in [-0.25, -0.2) is 4.39 Å². The van der Waals surface area contributed by atoms with Gasteiger partial charge in [0.2, 0.25) is 5.91 Å². The van der Waals surface area contributed by atoms with Gasteiger partial charge in [-0.3, -0.25) is 9.69 Å². The molecule has 0 aromatic heterocycles. The average Bonchev–Trinajstić information content (AvgIpc) is 2.87. The van der Waals surface area contributed by atoms with Gasteiger partial charge < -0.3 is 4.90 Å². The smallest absolute Gasteiger partial charge is 0.236 e. The van der Waals surface area contributed by atoms with Crippen LogP contribution in [0.4, 0.5) is 4.39 Å². The van der Waals surface area contributed by atoms with Crippen LogP contribution in [0.1, 0.15) is 18.9 Å². The lowest BCUT2D eigenvalue weighted by Crippen LogP contribution is -2.37. The van der Waals surface area contributed by atoms with Crippen LogP contribution < -0.4 is 0 Å². The van der Waals surface area contributed by atoms with Gasteiger partial charge in [0, 0.05) is 20.1 Å². The van der Waals surface area contributed by atoms with Crippen molar-refractivity contribution >= 4 is 5.91 Å². The van der Waals surface area contributed by atoms with Crippen LogP contribution in [0.3, 0.4) is 0 Å². The van der Waals surface area contributed by atoms with Gasteiger partial charge in [0.15, 0.2) is 0 Å². The first-order valence-corrected chi connectivity index (χ1v) is 7.29. The van der Waals surface area contributed by atoms with Gasteiger partial charge in [-0.1, -0.05) is 12.1 Å². The third kappa shape index (κ3) is 4.04. The molecule has 0 aliphatic carbocycles. The lowest BCUT2D eigenvalue weighted by atomic mass is 9.99. The summed E-state index contributed by atoms with van der Waals surface area (Å²) < 4.78 is 12.9. The minimum Gasteiger partial charge on any atom is -0.345 e. The molecule has 1 aromatic carbocycles. The largest absolute Gasteiger partial charge is 0.345 e. The number of nitrogens with zero attached hydrogens (tertiary/aromatic N) is 2. The van der Waals surface area contributed by atoms with E-state index >= 15 is 0 Å². The predicted molar refractivity (Wildman–Crippen MR) is 78.0 cm³/mol. The molecule has 0 saturated carbocycles. The zero-order chi connectivity index (χ0) is 14.5. The standard InChI is InChI=1S/C16H23FN2O/c1-3-18(2)16(20)12-19-9-8-14(11-19)10-13-4-6-15(17)7-5-13/h4-7,14H,3,8-12H2,1-2H3. The van der Waals surface area contributed by atoms with Crippen LogP contribution in [-0.4, -0.2) is 48.9 Å². The summed E-state index contributed by atoms with van der Waals surface area (Å²) in [7, 11) is 1.84. The second kappa shape index (κ2) is 6.84. The molecule has 1 atom stereocenters. The zero-order valence-electron chi connectivity index (χ0n) is 12.3. The van der Waals surface area contributed by atoms with Gasteiger partial charge in [-0.2, -0.15) is 0 Å². The summed E-state index contributed by atoms with van der Waals surface area (Å²) in [5, 5.41) is 0. The number of benzene rings is 1. The van der Waals surface area contributed by atoms with E-state index in [-0.39, 0.29) is 11.7 Å². The summed E-state index contributed by atoms with van der Waals surface area (Å²) in [4.78, 5) is 15.9. The van der Waals surface area contributed by atoms with Gasteiger partial charge in [-0.05, 0) is 49.9 Å². The van der Waals surface area contributed by atoms with Crippen LogP contribution in [0.5, 0.6) is 0 Å². The molecule has 1 heterocycles. The van der Waals surface area contributed by atoms with E-state index in [9.17, 15) is 9.18 Å². The number of hydrogen-bond donors (Lipinski definition) is 0. The molecule has 1 saturated heterocycles. The van der Waals surface area contributed by atoms with E-state index in [1.807, 2.05) is 26.1 Å². The van der Waals surface area contributed by atoms with Crippen molar-refractivity contribution in [3.63, 3.8) is 0 Å². The molecule has 1 aromatic rings. The Labute approximate surface area is 120 Å². The first-order valence-electron chi connectivity index (χ1n) is 7.29. The number of likely N-dealkylation sites (N-methyl/N-ethyl adjacent to an activating group) is 1. The van der Waals surface area contributed by atoms with Crippen LogP contribution in [0.25, 0.3) is 0 Å². The van der Waals surface area contributed by atoms with Crippen molar-refractivity contribution in [2.45, 2.75) is 19.8 Å². The summed E-state index contributed by atoms with van der Waals surface area (Å²) in [6.45, 7) is 5.20. The van der Waals surface area contributed by atoms with Crippen LogP contribution >= 0.6 is 0 Å². The minimum absolute atomic E-state index is 0.185. The second-order valence-corrected chi connectivity index (χ2v) is 5.63. The maximum Gasteiger partial charge on any atom is 0.236 e. The Kier molecular flexibility index (Phi) is 5.12. The number of carbonyl (C=O) groups excluding carboxylic acids is 1. The topological polar surface area (TPSA) is 23.6 Å². The fraction of sp³-hybridized carbons (Fsp3) is 0.562. The highest BCUT2D eigenvalue weighted by molar-refractivity contribution is 5.77. The molecule has 1 fully saturated rings. The minimum atomic E-state index is -0.185. The monoisotopic (exact) mass is 278 g/mol. The predicted octanol–water partition coefficient (Wildman–Crippen LogP) is 2.17. The summed E-state index contributed by atoms with van der Waals surface area (Å²) in [6.07, 6.45) is 2.08. The highest BCUT2D eigenvalue weighted by Crippen LogP contribution is 2.20. The number of amides is 1. The molecule has 3 nitrogen and oxygen atoms in total. The Morgan fingerprint density at radius 3 is 2.75 bits per heavy atom.